The van der Waals surface area contributed by atoms with Crippen molar-refractivity contribution in [1.29, 1.82) is 0 Å². The molecule has 0 unspecified atom stereocenters. The third-order valence-electron chi connectivity index (χ3n) is 7.56. The number of pyridine rings is 3. The van der Waals surface area contributed by atoms with Gasteiger partial charge in [0.25, 0.3) is 0 Å². The lowest BCUT2D eigenvalue weighted by atomic mass is 10.00. The number of fused-ring (bicyclic) bond motifs is 2. The van der Waals surface area contributed by atoms with Crippen molar-refractivity contribution in [3.05, 3.63) is 128 Å². The third kappa shape index (κ3) is 4.71. The molecule has 5 nitrogen and oxygen atoms in total. The van der Waals surface area contributed by atoms with Gasteiger partial charge < -0.3 is 9.47 Å². The molecular weight excluding hydrogens is 518 g/mol. The Morgan fingerprint density at radius 2 is 0.881 bits per heavy atom. The lowest BCUT2D eigenvalue weighted by Gasteiger charge is -2.10. The molecule has 0 aliphatic heterocycles. The van der Waals surface area contributed by atoms with Crippen molar-refractivity contribution in [3.8, 4) is 56.3 Å². The number of aromatic nitrogens is 3. The maximum atomic E-state index is 5.32. The van der Waals surface area contributed by atoms with Crippen molar-refractivity contribution < 1.29 is 9.47 Å². The van der Waals surface area contributed by atoms with E-state index in [1.165, 1.54) is 0 Å². The Balaban J connectivity index is 1.23. The van der Waals surface area contributed by atoms with Crippen LogP contribution in [-0.4, -0.2) is 29.2 Å². The molecule has 42 heavy (non-hydrogen) atoms. The van der Waals surface area contributed by atoms with Crippen LogP contribution in [0.25, 0.3) is 66.6 Å². The topological polar surface area (TPSA) is 57.1 Å². The standard InChI is InChI=1S/C37H27N3O2/c1-41-30-16-12-24(13-17-30)32-8-3-6-26-20-28(22-38-36(26)32)34-10-5-11-35(40-34)29-21-27-7-4-9-33(37(27)39-23-29)25-14-18-31(42-2)19-15-25/h3-23H,1-2H3. The van der Waals surface area contributed by atoms with Gasteiger partial charge in [0.05, 0.1) is 36.6 Å². The minimum absolute atomic E-state index is 0.833. The largest absolute Gasteiger partial charge is 0.497 e. The van der Waals surface area contributed by atoms with Gasteiger partial charge in [0.2, 0.25) is 0 Å². The molecule has 0 aliphatic carbocycles. The van der Waals surface area contributed by atoms with E-state index < -0.39 is 0 Å². The number of methoxy groups -OCH3 is 2. The number of nitrogens with zero attached hydrogens (tertiary/aromatic N) is 3. The first kappa shape index (κ1) is 25.4. The second kappa shape index (κ2) is 10.8. The Morgan fingerprint density at radius 3 is 1.31 bits per heavy atom. The summed E-state index contributed by atoms with van der Waals surface area (Å²) in [7, 11) is 3.35. The zero-order valence-corrected chi connectivity index (χ0v) is 23.3. The number of rotatable bonds is 6. The van der Waals surface area contributed by atoms with E-state index in [1.54, 1.807) is 14.2 Å². The maximum absolute atomic E-state index is 5.32. The smallest absolute Gasteiger partial charge is 0.118 e. The molecule has 0 radical (unpaired) electrons. The summed E-state index contributed by atoms with van der Waals surface area (Å²) in [6.07, 6.45) is 3.81. The molecule has 3 heterocycles. The maximum Gasteiger partial charge on any atom is 0.118 e. The van der Waals surface area contributed by atoms with Crippen LogP contribution in [0.2, 0.25) is 0 Å². The number of benzene rings is 4. The Labute approximate surface area is 244 Å². The van der Waals surface area contributed by atoms with Crippen LogP contribution in [-0.2, 0) is 0 Å². The quantitative estimate of drug-likeness (QED) is 0.209. The molecule has 0 saturated heterocycles. The molecule has 7 rings (SSSR count). The van der Waals surface area contributed by atoms with Gasteiger partial charge in [-0.1, -0.05) is 66.7 Å². The van der Waals surface area contributed by atoms with E-state index in [0.29, 0.717) is 0 Å². The lowest BCUT2D eigenvalue weighted by Crippen LogP contribution is -1.92. The second-order valence-electron chi connectivity index (χ2n) is 10.1. The summed E-state index contributed by atoms with van der Waals surface area (Å²) in [5.41, 5.74) is 9.93. The molecule has 0 aliphatic rings. The minimum Gasteiger partial charge on any atom is -0.497 e. The average Bonchev–Trinajstić information content (AvgIpc) is 3.07. The van der Waals surface area contributed by atoms with Gasteiger partial charge in [-0.25, -0.2) is 4.98 Å². The predicted molar refractivity (Wildman–Crippen MR) is 170 cm³/mol. The molecule has 0 fully saturated rings. The van der Waals surface area contributed by atoms with E-state index in [4.69, 9.17) is 24.4 Å². The highest BCUT2D eigenvalue weighted by molar-refractivity contribution is 5.96. The molecule has 0 amide bonds. The molecule has 202 valence electrons. The van der Waals surface area contributed by atoms with Crippen molar-refractivity contribution >= 4 is 21.8 Å². The highest BCUT2D eigenvalue weighted by Crippen LogP contribution is 2.33. The summed E-state index contributed by atoms with van der Waals surface area (Å²) in [5, 5.41) is 2.12. The van der Waals surface area contributed by atoms with E-state index >= 15 is 0 Å². The normalized spacial score (nSPS) is 11.1. The molecule has 7 aromatic rings. The van der Waals surface area contributed by atoms with Gasteiger partial charge in [0, 0.05) is 45.4 Å². The molecular formula is C37H27N3O2. The van der Waals surface area contributed by atoms with E-state index in [2.05, 4.69) is 72.8 Å². The van der Waals surface area contributed by atoms with Crippen LogP contribution in [0.3, 0.4) is 0 Å². The minimum atomic E-state index is 0.833. The lowest BCUT2D eigenvalue weighted by molar-refractivity contribution is 0.415. The number of hydrogen-bond donors (Lipinski definition) is 0. The van der Waals surface area contributed by atoms with Crippen molar-refractivity contribution in [2.45, 2.75) is 0 Å². The fourth-order valence-electron chi connectivity index (χ4n) is 5.37. The van der Waals surface area contributed by atoms with Crippen LogP contribution in [0, 0.1) is 0 Å². The SMILES string of the molecule is COc1ccc(-c2cccc3cc(-c4cccc(-c5cnc6c(-c7ccc(OC)cc7)cccc6c5)n4)cnc23)cc1. The van der Waals surface area contributed by atoms with Crippen LogP contribution in [0.4, 0.5) is 0 Å². The van der Waals surface area contributed by atoms with Gasteiger partial charge >= 0.3 is 0 Å². The number of ether oxygens (including phenoxy) is 2. The fourth-order valence-corrected chi connectivity index (χ4v) is 5.37. The summed E-state index contributed by atoms with van der Waals surface area (Å²) < 4.78 is 10.6. The van der Waals surface area contributed by atoms with Gasteiger partial charge in [0.1, 0.15) is 11.5 Å². The average molecular weight is 546 g/mol. The first-order valence-corrected chi connectivity index (χ1v) is 13.7. The van der Waals surface area contributed by atoms with Gasteiger partial charge in [-0.2, -0.15) is 0 Å². The van der Waals surface area contributed by atoms with E-state index in [-0.39, 0.29) is 0 Å². The predicted octanol–water partition coefficient (Wildman–Crippen LogP) is 8.86. The summed E-state index contributed by atoms with van der Waals surface area (Å²) in [6.45, 7) is 0. The third-order valence-corrected chi connectivity index (χ3v) is 7.56. The highest BCUT2D eigenvalue weighted by Gasteiger charge is 2.11. The van der Waals surface area contributed by atoms with Crippen LogP contribution in [0.5, 0.6) is 11.5 Å². The Bertz CT molecular complexity index is 1910. The molecule has 0 N–H and O–H groups in total. The summed E-state index contributed by atoms with van der Waals surface area (Å²) in [4.78, 5) is 14.8. The molecule has 0 bridgehead atoms. The molecule has 5 heteroatoms. The highest BCUT2D eigenvalue weighted by atomic mass is 16.5. The first-order chi connectivity index (χ1) is 20.7. The summed E-state index contributed by atoms with van der Waals surface area (Å²) >= 11 is 0. The molecule has 0 saturated carbocycles. The van der Waals surface area contributed by atoms with Crippen LogP contribution >= 0.6 is 0 Å². The summed E-state index contributed by atoms with van der Waals surface area (Å²) in [6, 6.07) is 39.0. The van der Waals surface area contributed by atoms with Crippen LogP contribution < -0.4 is 9.47 Å². The van der Waals surface area contributed by atoms with Crippen molar-refractivity contribution in [2.75, 3.05) is 14.2 Å². The Hall–Kier alpha value is -5.55. The molecule has 4 aromatic carbocycles. The van der Waals surface area contributed by atoms with Crippen LogP contribution in [0.15, 0.2) is 128 Å². The number of para-hydroxylation sites is 2. The zero-order chi connectivity index (χ0) is 28.5. The fraction of sp³-hybridized carbons (Fsp3) is 0.0541. The zero-order valence-electron chi connectivity index (χ0n) is 23.3. The Morgan fingerprint density at radius 1 is 0.452 bits per heavy atom. The Kier molecular flexibility index (Phi) is 6.53. The van der Waals surface area contributed by atoms with Gasteiger partial charge in [0.15, 0.2) is 0 Å². The molecule has 3 aromatic heterocycles. The van der Waals surface area contributed by atoms with Gasteiger partial charge in [-0.3, -0.25) is 9.97 Å². The second-order valence-corrected chi connectivity index (χ2v) is 10.1. The monoisotopic (exact) mass is 545 g/mol. The van der Waals surface area contributed by atoms with Gasteiger partial charge in [-0.05, 0) is 59.7 Å². The summed E-state index contributed by atoms with van der Waals surface area (Å²) in [5.74, 6) is 1.67. The molecule has 0 spiro atoms. The van der Waals surface area contributed by atoms with E-state index in [1.807, 2.05) is 54.9 Å². The van der Waals surface area contributed by atoms with E-state index in [0.717, 1.165) is 78.1 Å². The van der Waals surface area contributed by atoms with Crippen LogP contribution in [0.1, 0.15) is 0 Å². The first-order valence-electron chi connectivity index (χ1n) is 13.7. The van der Waals surface area contributed by atoms with Crippen molar-refractivity contribution in [1.82, 2.24) is 15.0 Å². The van der Waals surface area contributed by atoms with Crippen molar-refractivity contribution in [2.24, 2.45) is 0 Å². The molecule has 0 atom stereocenters. The number of hydrogen-bond acceptors (Lipinski definition) is 5. The van der Waals surface area contributed by atoms with Crippen molar-refractivity contribution in [3.63, 3.8) is 0 Å². The van der Waals surface area contributed by atoms with E-state index in [9.17, 15) is 0 Å². The van der Waals surface area contributed by atoms with Gasteiger partial charge in [-0.15, -0.1) is 0 Å².